The first-order valence-electron chi connectivity index (χ1n) is 5.84. The molecule has 108 valence electrons. The zero-order valence-corrected chi connectivity index (χ0v) is 10.5. The summed E-state index contributed by atoms with van der Waals surface area (Å²) in [6.45, 7) is -0.0686. The van der Waals surface area contributed by atoms with Gasteiger partial charge in [0.1, 0.15) is 11.5 Å². The summed E-state index contributed by atoms with van der Waals surface area (Å²) in [4.78, 5) is 15.3. The van der Waals surface area contributed by atoms with Gasteiger partial charge in [-0.3, -0.25) is 4.79 Å². The third-order valence-electron chi connectivity index (χ3n) is 2.11. The summed E-state index contributed by atoms with van der Waals surface area (Å²) in [6.07, 6.45) is -5.88. The van der Waals surface area contributed by atoms with Crippen LogP contribution >= 0.6 is 0 Å². The van der Waals surface area contributed by atoms with Crippen LogP contribution in [0.25, 0.3) is 0 Å². The zero-order chi connectivity index (χ0) is 15.0. The minimum absolute atomic E-state index is 0.0686. The molecule has 0 aliphatic heterocycles. The van der Waals surface area contributed by atoms with E-state index in [1.165, 1.54) is 6.07 Å². The molecule has 0 spiro atoms. The lowest BCUT2D eigenvalue weighted by atomic mass is 10.3. The highest BCUT2D eigenvalue weighted by Crippen LogP contribution is 2.21. The Hall–Kier alpha value is -2.07. The molecular formula is C13H13F3N2O2. The zero-order valence-electron chi connectivity index (χ0n) is 10.5. The van der Waals surface area contributed by atoms with Crippen molar-refractivity contribution in [1.29, 1.82) is 0 Å². The molecule has 0 unspecified atom stereocenters. The van der Waals surface area contributed by atoms with Gasteiger partial charge in [-0.25, -0.2) is 4.98 Å². The number of anilines is 1. The van der Waals surface area contributed by atoms with Crippen LogP contribution in [0.1, 0.15) is 25.0 Å². The Balaban J connectivity index is 2.58. The molecule has 1 aromatic heterocycles. The van der Waals surface area contributed by atoms with Gasteiger partial charge in [-0.05, 0) is 18.1 Å². The van der Waals surface area contributed by atoms with Crippen LogP contribution in [0.5, 0.6) is 0 Å². The summed E-state index contributed by atoms with van der Waals surface area (Å²) < 4.78 is 35.9. The number of rotatable bonds is 4. The average Bonchev–Trinajstić information content (AvgIpc) is 2.36. The van der Waals surface area contributed by atoms with Crippen molar-refractivity contribution in [3.05, 3.63) is 23.9 Å². The first-order chi connectivity index (χ1) is 9.40. The number of nitrogens with zero attached hydrogens (tertiary/aromatic N) is 1. The van der Waals surface area contributed by atoms with E-state index < -0.39 is 24.9 Å². The maximum atomic E-state index is 12.0. The lowest BCUT2D eigenvalue weighted by Crippen LogP contribution is -2.17. The lowest BCUT2D eigenvalue weighted by molar-refractivity contribution is -0.142. The van der Waals surface area contributed by atoms with E-state index in [4.69, 9.17) is 5.11 Å². The number of aromatic nitrogens is 1. The van der Waals surface area contributed by atoms with E-state index in [2.05, 4.69) is 22.1 Å². The molecule has 0 radical (unpaired) electrons. The number of alkyl halides is 3. The quantitative estimate of drug-likeness (QED) is 0.833. The second kappa shape index (κ2) is 7.50. The van der Waals surface area contributed by atoms with Crippen molar-refractivity contribution in [1.82, 2.24) is 4.98 Å². The number of amides is 1. The summed E-state index contributed by atoms with van der Waals surface area (Å²) in [7, 11) is 0. The van der Waals surface area contributed by atoms with Gasteiger partial charge in [0.15, 0.2) is 0 Å². The van der Waals surface area contributed by atoms with Crippen molar-refractivity contribution in [3.63, 3.8) is 0 Å². The third kappa shape index (κ3) is 6.75. The van der Waals surface area contributed by atoms with E-state index in [0.717, 1.165) is 0 Å². The Morgan fingerprint density at radius 3 is 2.80 bits per heavy atom. The average molecular weight is 286 g/mol. The Labute approximate surface area is 114 Å². The number of carbonyl (C=O) groups is 1. The largest absolute Gasteiger partial charge is 0.395 e. The van der Waals surface area contributed by atoms with Gasteiger partial charge in [0.25, 0.3) is 0 Å². The predicted octanol–water partition coefficient (Wildman–Crippen LogP) is 2.10. The molecule has 0 aromatic carbocycles. The summed E-state index contributed by atoms with van der Waals surface area (Å²) in [6, 6.07) is 4.63. The first kappa shape index (κ1) is 16.0. The fourth-order valence-electron chi connectivity index (χ4n) is 1.24. The molecule has 1 heterocycles. The van der Waals surface area contributed by atoms with Crippen LogP contribution in [0.15, 0.2) is 18.2 Å². The minimum Gasteiger partial charge on any atom is -0.395 e. The van der Waals surface area contributed by atoms with E-state index >= 15 is 0 Å². The molecule has 7 heteroatoms. The van der Waals surface area contributed by atoms with Crippen molar-refractivity contribution in [3.8, 4) is 11.8 Å². The Morgan fingerprint density at radius 2 is 2.15 bits per heavy atom. The number of pyridine rings is 1. The highest BCUT2D eigenvalue weighted by atomic mass is 19.4. The number of carbonyl (C=O) groups excluding carboxylic acids is 1. The number of halogens is 3. The van der Waals surface area contributed by atoms with Crippen molar-refractivity contribution >= 4 is 11.7 Å². The van der Waals surface area contributed by atoms with Gasteiger partial charge in [-0.1, -0.05) is 12.0 Å². The van der Waals surface area contributed by atoms with Crippen molar-refractivity contribution in [2.75, 3.05) is 11.9 Å². The molecule has 20 heavy (non-hydrogen) atoms. The summed E-state index contributed by atoms with van der Waals surface area (Å²) >= 11 is 0. The molecule has 1 amide bonds. The second-order valence-electron chi connectivity index (χ2n) is 3.85. The van der Waals surface area contributed by atoms with Crippen molar-refractivity contribution < 1.29 is 23.1 Å². The SMILES string of the molecule is O=C(CCC(F)(F)F)Nc1cccc(C#CCCO)n1. The fraction of sp³-hybridized carbons (Fsp3) is 0.385. The van der Waals surface area contributed by atoms with Gasteiger partial charge in [0.05, 0.1) is 13.0 Å². The van der Waals surface area contributed by atoms with E-state index in [1.807, 2.05) is 0 Å². The van der Waals surface area contributed by atoms with E-state index in [-0.39, 0.29) is 12.4 Å². The summed E-state index contributed by atoms with van der Waals surface area (Å²) in [5.74, 6) is 4.71. The number of aliphatic hydroxyl groups is 1. The maximum absolute atomic E-state index is 12.0. The van der Waals surface area contributed by atoms with Gasteiger partial charge in [0.2, 0.25) is 5.91 Å². The van der Waals surface area contributed by atoms with Crippen LogP contribution in [-0.2, 0) is 4.79 Å². The highest BCUT2D eigenvalue weighted by molar-refractivity contribution is 5.89. The Bertz CT molecular complexity index is 518. The first-order valence-corrected chi connectivity index (χ1v) is 5.84. The van der Waals surface area contributed by atoms with Crippen molar-refractivity contribution in [2.45, 2.75) is 25.4 Å². The maximum Gasteiger partial charge on any atom is 0.389 e. The van der Waals surface area contributed by atoms with Gasteiger partial charge in [-0.2, -0.15) is 13.2 Å². The third-order valence-corrected chi connectivity index (χ3v) is 2.11. The monoisotopic (exact) mass is 286 g/mol. The van der Waals surface area contributed by atoms with Crippen LogP contribution < -0.4 is 5.32 Å². The molecule has 1 rings (SSSR count). The van der Waals surface area contributed by atoms with Gasteiger partial charge in [-0.15, -0.1) is 0 Å². The topological polar surface area (TPSA) is 62.2 Å². The second-order valence-corrected chi connectivity index (χ2v) is 3.85. The number of hydrogen-bond donors (Lipinski definition) is 2. The standard InChI is InChI=1S/C13H13F3N2O2/c14-13(15,16)8-7-12(20)18-11-6-3-5-10(17-11)4-1-2-9-19/h3,5-6,19H,2,7-9H2,(H,17,18,20). The van der Waals surface area contributed by atoms with E-state index in [9.17, 15) is 18.0 Å². The summed E-state index contributed by atoms with van der Waals surface area (Å²) in [5.41, 5.74) is 0.368. The number of hydrogen-bond acceptors (Lipinski definition) is 3. The molecule has 0 bridgehead atoms. The van der Waals surface area contributed by atoms with Crippen LogP contribution in [0.4, 0.5) is 19.0 Å². The molecule has 0 aliphatic rings. The smallest absolute Gasteiger partial charge is 0.389 e. The van der Waals surface area contributed by atoms with Crippen LogP contribution in [-0.4, -0.2) is 28.8 Å². The number of nitrogens with one attached hydrogen (secondary N) is 1. The van der Waals surface area contributed by atoms with E-state index in [1.54, 1.807) is 12.1 Å². The van der Waals surface area contributed by atoms with Crippen molar-refractivity contribution in [2.24, 2.45) is 0 Å². The van der Waals surface area contributed by atoms with Crippen LogP contribution in [0.2, 0.25) is 0 Å². The predicted molar refractivity (Wildman–Crippen MR) is 66.7 cm³/mol. The number of aliphatic hydroxyl groups excluding tert-OH is 1. The van der Waals surface area contributed by atoms with Gasteiger partial charge < -0.3 is 10.4 Å². The Morgan fingerprint density at radius 1 is 1.40 bits per heavy atom. The molecular weight excluding hydrogens is 273 g/mol. The molecule has 0 fully saturated rings. The molecule has 2 N–H and O–H groups in total. The van der Waals surface area contributed by atoms with Gasteiger partial charge >= 0.3 is 6.18 Å². The molecule has 4 nitrogen and oxygen atoms in total. The normalized spacial score (nSPS) is 10.6. The minimum atomic E-state index is -4.36. The molecule has 0 saturated heterocycles. The van der Waals surface area contributed by atoms with Crippen LogP contribution in [0.3, 0.4) is 0 Å². The van der Waals surface area contributed by atoms with E-state index in [0.29, 0.717) is 12.1 Å². The summed E-state index contributed by atoms with van der Waals surface area (Å²) in [5, 5.41) is 10.8. The lowest BCUT2D eigenvalue weighted by Gasteiger charge is -2.06. The van der Waals surface area contributed by atoms with Gasteiger partial charge in [0, 0.05) is 12.8 Å². The molecule has 1 aromatic rings. The highest BCUT2D eigenvalue weighted by Gasteiger charge is 2.27. The van der Waals surface area contributed by atoms with Crippen LogP contribution in [0, 0.1) is 11.8 Å². The fourth-order valence-corrected chi connectivity index (χ4v) is 1.24. The molecule has 0 atom stereocenters. The molecule has 0 aliphatic carbocycles. The molecule has 0 saturated carbocycles. The Kier molecular flexibility index (Phi) is 6.00.